The second kappa shape index (κ2) is 13.8. The molecule has 0 saturated carbocycles. The molecule has 5 heterocycles. The minimum atomic E-state index is -3.44. The first-order valence-corrected chi connectivity index (χ1v) is 17.2. The zero-order chi connectivity index (χ0) is 28.0. The summed E-state index contributed by atoms with van der Waals surface area (Å²) in [7, 11) is -6.88. The van der Waals surface area contributed by atoms with Gasteiger partial charge in [0, 0.05) is 78.5 Å². The van der Waals surface area contributed by atoms with E-state index in [-0.39, 0.29) is 11.2 Å². The lowest BCUT2D eigenvalue weighted by Gasteiger charge is -2.47. The van der Waals surface area contributed by atoms with Gasteiger partial charge in [-0.1, -0.05) is 10.3 Å². The highest BCUT2D eigenvalue weighted by Crippen LogP contribution is 2.57. The van der Waals surface area contributed by atoms with Crippen LogP contribution in [0.1, 0.15) is 0 Å². The van der Waals surface area contributed by atoms with Crippen LogP contribution in [0.25, 0.3) is 0 Å². The van der Waals surface area contributed by atoms with Crippen LogP contribution in [-0.4, -0.2) is 181 Å². The van der Waals surface area contributed by atoms with E-state index < -0.39 is 14.9 Å². The minimum absolute atomic E-state index is 0.142. The third-order valence-corrected chi connectivity index (χ3v) is 14.5. The van der Waals surface area contributed by atoms with Gasteiger partial charge in [0.05, 0.1) is 52.9 Å². The fourth-order valence-electron chi connectivity index (χ4n) is 5.88. The van der Waals surface area contributed by atoms with E-state index in [1.165, 1.54) is 0 Å². The van der Waals surface area contributed by atoms with Gasteiger partial charge in [-0.3, -0.25) is 9.13 Å². The summed E-state index contributed by atoms with van der Waals surface area (Å²) >= 11 is 0. The van der Waals surface area contributed by atoms with Crippen molar-refractivity contribution in [2.75, 3.05) is 131 Å². The first-order chi connectivity index (χ1) is 19.5. The molecule has 40 heavy (non-hydrogen) atoms. The fourth-order valence-corrected chi connectivity index (χ4v) is 11.8. The third-order valence-electron chi connectivity index (χ3n) is 8.03. The molecular formula is C22H42N8O8P2. The molecule has 0 radical (unpaired) electrons. The second-order valence-corrected chi connectivity index (χ2v) is 15.4. The Morgan fingerprint density at radius 2 is 0.675 bits per heavy atom. The van der Waals surface area contributed by atoms with Gasteiger partial charge in [0.25, 0.3) is 14.9 Å². The van der Waals surface area contributed by atoms with Crippen molar-refractivity contribution in [1.82, 2.24) is 28.5 Å². The first kappa shape index (κ1) is 30.1. The predicted molar refractivity (Wildman–Crippen MR) is 146 cm³/mol. The molecule has 0 unspecified atom stereocenters. The van der Waals surface area contributed by atoms with Crippen LogP contribution in [-0.2, 0) is 28.1 Å². The summed E-state index contributed by atoms with van der Waals surface area (Å²) in [4.78, 5) is 3.68. The number of piperazine rings is 1. The van der Waals surface area contributed by atoms with Crippen molar-refractivity contribution in [2.45, 2.75) is 0 Å². The SMILES string of the molecule is O=P(/C(=N\O)N1CCN(/C(=N\O)P(=O)(N2CCOCC2)N2CCOCC2)CC1)(N1CCOCC1)N1CCOCC1. The quantitative estimate of drug-likeness (QED) is 0.135. The van der Waals surface area contributed by atoms with Gasteiger partial charge in [0.1, 0.15) is 0 Å². The lowest BCUT2D eigenvalue weighted by atomic mass is 10.3. The van der Waals surface area contributed by atoms with Crippen LogP contribution in [0.5, 0.6) is 0 Å². The highest BCUT2D eigenvalue weighted by atomic mass is 31.2. The lowest BCUT2D eigenvalue weighted by molar-refractivity contribution is 0.0532. The molecule has 5 rings (SSSR count). The topological polar surface area (TPSA) is 156 Å². The Hall–Kier alpha value is -1.32. The lowest BCUT2D eigenvalue weighted by Crippen LogP contribution is -2.56. The molecule has 5 aliphatic rings. The summed E-state index contributed by atoms with van der Waals surface area (Å²) in [6.45, 7) is 8.79. The number of oxime groups is 2. The van der Waals surface area contributed by atoms with Crippen LogP contribution in [0.2, 0.25) is 0 Å². The molecule has 5 saturated heterocycles. The summed E-state index contributed by atoms with van der Waals surface area (Å²) in [6.07, 6.45) is 0. The number of hydrogen-bond acceptors (Lipinski definition) is 10. The van der Waals surface area contributed by atoms with E-state index in [0.29, 0.717) is 131 Å². The van der Waals surface area contributed by atoms with E-state index in [1.807, 2.05) is 28.5 Å². The van der Waals surface area contributed by atoms with E-state index in [4.69, 9.17) is 18.9 Å². The third kappa shape index (κ3) is 5.94. The normalized spacial score (nSPS) is 26.8. The van der Waals surface area contributed by atoms with Gasteiger partial charge in [-0.15, -0.1) is 0 Å². The van der Waals surface area contributed by atoms with Crippen molar-refractivity contribution < 1.29 is 38.5 Å². The molecule has 16 nitrogen and oxygen atoms in total. The number of morpholine rings is 4. The predicted octanol–water partition coefficient (Wildman–Crippen LogP) is -0.191. The molecule has 5 aliphatic heterocycles. The number of rotatable bonds is 6. The number of amidine groups is 2. The smallest absolute Gasteiger partial charge is 0.283 e. The Morgan fingerprint density at radius 3 is 0.875 bits per heavy atom. The molecule has 228 valence electrons. The van der Waals surface area contributed by atoms with Crippen molar-refractivity contribution in [3.8, 4) is 0 Å². The number of hydrogen-bond donors (Lipinski definition) is 2. The van der Waals surface area contributed by atoms with Gasteiger partial charge in [-0.05, 0) is 0 Å². The highest BCUT2D eigenvalue weighted by Gasteiger charge is 2.49. The van der Waals surface area contributed by atoms with Crippen LogP contribution < -0.4 is 0 Å². The van der Waals surface area contributed by atoms with Crippen molar-refractivity contribution in [3.63, 3.8) is 0 Å². The van der Waals surface area contributed by atoms with Crippen molar-refractivity contribution >= 4 is 26.0 Å². The van der Waals surface area contributed by atoms with Crippen LogP contribution >= 0.6 is 14.9 Å². The van der Waals surface area contributed by atoms with Gasteiger partial charge in [-0.2, -0.15) is 0 Å². The standard InChI is InChI=1S/C22H42N8O8P2/c31-23-21(39(33,27-5-13-35-14-6-27)28-7-15-36-16-8-28)25-1-2-26(4-3-25)22(24-32)40(34,29-9-17-37-18-10-29)30-11-19-38-20-12-30/h31-32H,1-20H2/b23-21-,24-22+. The van der Waals surface area contributed by atoms with Crippen LogP contribution in [0.3, 0.4) is 0 Å². The Morgan fingerprint density at radius 1 is 0.450 bits per heavy atom. The van der Waals surface area contributed by atoms with Gasteiger partial charge in [0.15, 0.2) is 0 Å². The fraction of sp³-hybridized carbons (Fsp3) is 0.909. The monoisotopic (exact) mass is 608 g/mol. The Balaban J connectivity index is 1.35. The Labute approximate surface area is 234 Å². The van der Waals surface area contributed by atoms with Crippen molar-refractivity contribution in [2.24, 2.45) is 10.3 Å². The molecule has 0 spiro atoms. The van der Waals surface area contributed by atoms with E-state index in [1.54, 1.807) is 0 Å². The number of ether oxygens (including phenoxy) is 4. The molecular weight excluding hydrogens is 566 g/mol. The Kier molecular flexibility index (Phi) is 10.4. The second-order valence-electron chi connectivity index (χ2n) is 10.1. The van der Waals surface area contributed by atoms with Crippen LogP contribution in [0, 0.1) is 0 Å². The van der Waals surface area contributed by atoms with E-state index >= 15 is 0 Å². The van der Waals surface area contributed by atoms with Crippen LogP contribution in [0.4, 0.5) is 0 Å². The zero-order valence-corrected chi connectivity index (χ0v) is 24.7. The molecule has 5 fully saturated rings. The summed E-state index contributed by atoms with van der Waals surface area (Å²) in [6, 6.07) is 0. The van der Waals surface area contributed by atoms with E-state index in [0.717, 1.165) is 0 Å². The zero-order valence-electron chi connectivity index (χ0n) is 23.0. The molecule has 0 amide bonds. The summed E-state index contributed by atoms with van der Waals surface area (Å²) in [5.74, 6) is 0. The van der Waals surface area contributed by atoms with Crippen molar-refractivity contribution in [1.29, 1.82) is 0 Å². The first-order valence-electron chi connectivity index (χ1n) is 14.0. The maximum absolute atomic E-state index is 14.8. The van der Waals surface area contributed by atoms with Gasteiger partial charge in [0.2, 0.25) is 11.2 Å². The minimum Gasteiger partial charge on any atom is -0.409 e. The van der Waals surface area contributed by atoms with Gasteiger partial charge >= 0.3 is 0 Å². The van der Waals surface area contributed by atoms with Crippen molar-refractivity contribution in [3.05, 3.63) is 0 Å². The highest BCUT2D eigenvalue weighted by molar-refractivity contribution is 7.76. The molecule has 0 aromatic rings. The average molecular weight is 609 g/mol. The maximum Gasteiger partial charge on any atom is 0.283 e. The average Bonchev–Trinajstić information content (AvgIpc) is 3.04. The molecule has 0 aliphatic carbocycles. The van der Waals surface area contributed by atoms with E-state index in [2.05, 4.69) is 10.3 Å². The molecule has 0 aromatic heterocycles. The largest absolute Gasteiger partial charge is 0.409 e. The van der Waals surface area contributed by atoms with Gasteiger partial charge < -0.3 is 39.2 Å². The molecule has 0 aromatic carbocycles. The summed E-state index contributed by atoms with van der Waals surface area (Å²) < 4.78 is 59.3. The Bertz CT molecular complexity index is 867. The van der Waals surface area contributed by atoms with E-state index in [9.17, 15) is 19.5 Å². The molecule has 2 N–H and O–H groups in total. The van der Waals surface area contributed by atoms with Gasteiger partial charge in [-0.25, -0.2) is 18.7 Å². The summed E-state index contributed by atoms with van der Waals surface area (Å²) in [5.41, 5.74) is 0.283. The maximum atomic E-state index is 14.8. The van der Waals surface area contributed by atoms with Crippen LogP contribution in [0.15, 0.2) is 10.3 Å². The molecule has 18 heteroatoms. The molecule has 0 atom stereocenters. The number of nitrogens with zero attached hydrogens (tertiary/aromatic N) is 8. The molecule has 0 bridgehead atoms. The summed E-state index contributed by atoms with van der Waals surface area (Å²) in [5, 5.41) is 27.8.